The van der Waals surface area contributed by atoms with Gasteiger partial charge in [-0.2, -0.15) is 0 Å². The fraction of sp³-hybridized carbons (Fsp3) is 0.0833. The molecular formula is C24H19NO. The molecule has 5 rings (SSSR count). The maximum absolute atomic E-state index is 6.24. The van der Waals surface area contributed by atoms with Crippen LogP contribution in [0.2, 0.25) is 0 Å². The molecule has 0 radical (unpaired) electrons. The van der Waals surface area contributed by atoms with E-state index in [4.69, 9.17) is 4.42 Å². The Hall–Kier alpha value is -3.26. The minimum atomic E-state index is 0.829. The summed E-state index contributed by atoms with van der Waals surface area (Å²) in [7, 11) is 0. The van der Waals surface area contributed by atoms with Gasteiger partial charge in [-0.05, 0) is 24.1 Å². The van der Waals surface area contributed by atoms with E-state index in [2.05, 4.69) is 84.3 Å². The fourth-order valence-electron chi connectivity index (χ4n) is 3.82. The van der Waals surface area contributed by atoms with Crippen molar-refractivity contribution in [3.63, 3.8) is 0 Å². The van der Waals surface area contributed by atoms with Crippen molar-refractivity contribution in [2.75, 3.05) is 0 Å². The van der Waals surface area contributed by atoms with Crippen molar-refractivity contribution in [2.24, 2.45) is 0 Å². The summed E-state index contributed by atoms with van der Waals surface area (Å²) in [6, 6.07) is 29.5. The third-order valence-corrected chi connectivity index (χ3v) is 5.07. The molecule has 0 bridgehead atoms. The molecule has 0 amide bonds. The van der Waals surface area contributed by atoms with Gasteiger partial charge < -0.3 is 8.98 Å². The molecule has 2 nitrogen and oxygen atoms in total. The number of rotatable bonds is 3. The highest BCUT2D eigenvalue weighted by Crippen LogP contribution is 2.40. The van der Waals surface area contributed by atoms with Gasteiger partial charge in [0.25, 0.3) is 0 Å². The van der Waals surface area contributed by atoms with Gasteiger partial charge in [-0.3, -0.25) is 0 Å². The van der Waals surface area contributed by atoms with Crippen molar-refractivity contribution >= 4 is 21.9 Å². The van der Waals surface area contributed by atoms with Crippen molar-refractivity contribution in [1.29, 1.82) is 0 Å². The maximum Gasteiger partial charge on any atom is 0.156 e. The largest absolute Gasteiger partial charge is 0.454 e. The zero-order valence-corrected chi connectivity index (χ0v) is 14.6. The molecule has 0 spiro atoms. The smallest absolute Gasteiger partial charge is 0.156 e. The lowest BCUT2D eigenvalue weighted by Crippen LogP contribution is -2.03. The molecule has 0 aliphatic rings. The third kappa shape index (κ3) is 2.26. The first-order chi connectivity index (χ1) is 12.8. The van der Waals surface area contributed by atoms with E-state index in [0.29, 0.717) is 0 Å². The molecule has 0 aliphatic carbocycles. The van der Waals surface area contributed by atoms with E-state index in [-0.39, 0.29) is 0 Å². The van der Waals surface area contributed by atoms with Gasteiger partial charge in [-0.25, -0.2) is 0 Å². The monoisotopic (exact) mass is 337 g/mol. The minimum absolute atomic E-state index is 0.829. The van der Waals surface area contributed by atoms with E-state index < -0.39 is 0 Å². The number of nitrogens with zero attached hydrogens (tertiary/aromatic N) is 1. The van der Waals surface area contributed by atoms with Crippen molar-refractivity contribution in [2.45, 2.75) is 13.5 Å². The molecule has 0 fully saturated rings. The fourth-order valence-corrected chi connectivity index (χ4v) is 3.82. The molecule has 2 aromatic heterocycles. The standard InChI is InChI=1S/C24H19NO/c1-17-24-22(20-14-8-9-15-21(20)26-24)23(19-12-6-3-7-13-19)25(17)16-18-10-4-2-5-11-18/h2-15H,16H2,1H3. The molecule has 2 heteroatoms. The Morgan fingerprint density at radius 1 is 0.769 bits per heavy atom. The van der Waals surface area contributed by atoms with E-state index in [1.807, 2.05) is 12.1 Å². The Balaban J connectivity index is 1.85. The Bertz CT molecular complexity index is 1200. The topological polar surface area (TPSA) is 18.1 Å². The summed E-state index contributed by atoms with van der Waals surface area (Å²) < 4.78 is 8.62. The van der Waals surface area contributed by atoms with Gasteiger partial charge in [-0.15, -0.1) is 0 Å². The summed E-state index contributed by atoms with van der Waals surface area (Å²) in [5.74, 6) is 0. The summed E-state index contributed by atoms with van der Waals surface area (Å²) in [5.41, 5.74) is 6.83. The second kappa shape index (κ2) is 5.92. The summed E-state index contributed by atoms with van der Waals surface area (Å²) in [4.78, 5) is 0. The average molecular weight is 337 g/mol. The molecule has 0 unspecified atom stereocenters. The second-order valence-corrected chi connectivity index (χ2v) is 6.67. The second-order valence-electron chi connectivity index (χ2n) is 6.67. The van der Waals surface area contributed by atoms with Gasteiger partial charge >= 0.3 is 0 Å². The van der Waals surface area contributed by atoms with Crippen LogP contribution in [-0.2, 0) is 6.54 Å². The normalized spacial score (nSPS) is 11.4. The number of aromatic nitrogens is 1. The van der Waals surface area contributed by atoms with E-state index >= 15 is 0 Å². The summed E-state index contributed by atoms with van der Waals surface area (Å²) in [6.07, 6.45) is 0. The minimum Gasteiger partial charge on any atom is -0.454 e. The van der Waals surface area contributed by atoms with Gasteiger partial charge in [0.2, 0.25) is 0 Å². The van der Waals surface area contributed by atoms with Crippen molar-refractivity contribution < 1.29 is 4.42 Å². The van der Waals surface area contributed by atoms with Crippen LogP contribution in [0, 0.1) is 6.92 Å². The summed E-state index contributed by atoms with van der Waals surface area (Å²) in [6.45, 7) is 2.98. The first-order valence-corrected chi connectivity index (χ1v) is 8.92. The quantitative estimate of drug-likeness (QED) is 0.372. The molecule has 126 valence electrons. The number of hydrogen-bond acceptors (Lipinski definition) is 1. The zero-order valence-electron chi connectivity index (χ0n) is 14.6. The lowest BCUT2D eigenvalue weighted by molar-refractivity contribution is 0.656. The lowest BCUT2D eigenvalue weighted by Gasteiger charge is -2.12. The zero-order chi connectivity index (χ0) is 17.5. The SMILES string of the molecule is Cc1c2oc3ccccc3c2c(-c2ccccc2)n1Cc1ccccc1. The first-order valence-electron chi connectivity index (χ1n) is 8.92. The highest BCUT2D eigenvalue weighted by atomic mass is 16.3. The van der Waals surface area contributed by atoms with Gasteiger partial charge in [-0.1, -0.05) is 78.9 Å². The number of aryl methyl sites for hydroxylation is 1. The number of furan rings is 1. The number of para-hydroxylation sites is 1. The molecule has 5 aromatic rings. The molecular weight excluding hydrogens is 318 g/mol. The summed E-state index contributed by atoms with van der Waals surface area (Å²) >= 11 is 0. The molecule has 0 N–H and O–H groups in total. The number of fused-ring (bicyclic) bond motifs is 3. The van der Waals surface area contributed by atoms with Gasteiger partial charge in [0, 0.05) is 11.9 Å². The van der Waals surface area contributed by atoms with Crippen LogP contribution < -0.4 is 0 Å². The van der Waals surface area contributed by atoms with Crippen LogP contribution >= 0.6 is 0 Å². The predicted octanol–water partition coefficient (Wildman–Crippen LogP) is 6.41. The van der Waals surface area contributed by atoms with Gasteiger partial charge in [0.1, 0.15) is 5.58 Å². The number of hydrogen-bond donors (Lipinski definition) is 0. The van der Waals surface area contributed by atoms with Gasteiger partial charge in [0.15, 0.2) is 5.58 Å². The molecule has 0 saturated heterocycles. The number of benzene rings is 3. The highest BCUT2D eigenvalue weighted by molar-refractivity contribution is 6.13. The molecule has 0 atom stereocenters. The van der Waals surface area contributed by atoms with Gasteiger partial charge in [0.05, 0.1) is 16.8 Å². The Kier molecular flexibility index (Phi) is 3.42. The molecule has 2 heterocycles. The molecule has 26 heavy (non-hydrogen) atoms. The van der Waals surface area contributed by atoms with E-state index in [1.165, 1.54) is 33.3 Å². The van der Waals surface area contributed by atoms with Crippen LogP contribution in [0.25, 0.3) is 33.2 Å². The van der Waals surface area contributed by atoms with Crippen LogP contribution in [0.4, 0.5) is 0 Å². The van der Waals surface area contributed by atoms with Crippen LogP contribution in [0.5, 0.6) is 0 Å². The van der Waals surface area contributed by atoms with Crippen LogP contribution in [0.15, 0.2) is 89.3 Å². The predicted molar refractivity (Wildman–Crippen MR) is 107 cm³/mol. The highest BCUT2D eigenvalue weighted by Gasteiger charge is 2.21. The Labute approximate surface area is 152 Å². The van der Waals surface area contributed by atoms with Crippen LogP contribution in [0.3, 0.4) is 0 Å². The van der Waals surface area contributed by atoms with E-state index in [0.717, 1.165) is 17.7 Å². The third-order valence-electron chi connectivity index (χ3n) is 5.07. The van der Waals surface area contributed by atoms with E-state index in [9.17, 15) is 0 Å². The first kappa shape index (κ1) is 15.0. The van der Waals surface area contributed by atoms with Crippen LogP contribution in [-0.4, -0.2) is 4.57 Å². The summed E-state index contributed by atoms with van der Waals surface area (Å²) in [5, 5.41) is 2.39. The lowest BCUT2D eigenvalue weighted by atomic mass is 10.1. The average Bonchev–Trinajstić information content (AvgIpc) is 3.19. The molecule has 3 aromatic carbocycles. The van der Waals surface area contributed by atoms with Crippen molar-refractivity contribution in [3.05, 3.63) is 96.2 Å². The van der Waals surface area contributed by atoms with E-state index in [1.54, 1.807) is 0 Å². The molecule has 0 saturated carbocycles. The maximum atomic E-state index is 6.24. The Morgan fingerprint density at radius 2 is 1.42 bits per heavy atom. The van der Waals surface area contributed by atoms with Crippen molar-refractivity contribution in [1.82, 2.24) is 4.57 Å². The Morgan fingerprint density at radius 3 is 2.19 bits per heavy atom. The molecule has 0 aliphatic heterocycles. The van der Waals surface area contributed by atoms with Crippen molar-refractivity contribution in [3.8, 4) is 11.3 Å². The van der Waals surface area contributed by atoms with Crippen LogP contribution in [0.1, 0.15) is 11.3 Å².